The Morgan fingerprint density at radius 1 is 1.25 bits per heavy atom. The quantitative estimate of drug-likeness (QED) is 0.923. The monoisotopic (exact) mass is 326 g/mol. The summed E-state index contributed by atoms with van der Waals surface area (Å²) in [6, 6.07) is 6.19. The molecule has 4 heteroatoms. The van der Waals surface area contributed by atoms with Crippen LogP contribution in [0.4, 0.5) is 5.69 Å². The molecule has 1 aliphatic heterocycles. The van der Waals surface area contributed by atoms with E-state index in [1.165, 1.54) is 36.8 Å². The minimum atomic E-state index is -0.677. The predicted octanol–water partition coefficient (Wildman–Crippen LogP) is 3.30. The van der Waals surface area contributed by atoms with Crippen LogP contribution in [-0.4, -0.2) is 28.8 Å². The molecule has 0 spiro atoms. The summed E-state index contributed by atoms with van der Waals surface area (Å²) in [7, 11) is 0. The van der Waals surface area contributed by atoms with Crippen molar-refractivity contribution < 1.29 is 9.59 Å². The first-order valence-corrected chi connectivity index (χ1v) is 9.30. The molecule has 1 saturated carbocycles. The van der Waals surface area contributed by atoms with Gasteiger partial charge in [0.1, 0.15) is 5.54 Å². The third-order valence-electron chi connectivity index (χ3n) is 6.01. The van der Waals surface area contributed by atoms with Crippen molar-refractivity contribution in [2.45, 2.75) is 63.8 Å². The zero-order chi connectivity index (χ0) is 16.7. The molecule has 1 atom stereocenters. The van der Waals surface area contributed by atoms with E-state index in [1.807, 2.05) is 19.1 Å². The zero-order valence-electron chi connectivity index (χ0n) is 14.4. The van der Waals surface area contributed by atoms with Crippen molar-refractivity contribution in [2.24, 2.45) is 5.92 Å². The van der Waals surface area contributed by atoms with E-state index in [9.17, 15) is 9.59 Å². The van der Waals surface area contributed by atoms with Gasteiger partial charge in [0, 0.05) is 18.7 Å². The normalized spacial score (nSPS) is 25.6. The summed E-state index contributed by atoms with van der Waals surface area (Å²) in [5.74, 6) is 0.680. The molecule has 128 valence electrons. The molecule has 1 unspecified atom stereocenters. The van der Waals surface area contributed by atoms with Gasteiger partial charge in [-0.1, -0.05) is 12.1 Å². The Hall–Kier alpha value is -1.84. The summed E-state index contributed by atoms with van der Waals surface area (Å²) in [4.78, 5) is 27.1. The number of likely N-dealkylation sites (tertiary alicyclic amines) is 1. The molecule has 2 amide bonds. The van der Waals surface area contributed by atoms with Crippen LogP contribution in [0.5, 0.6) is 0 Å². The van der Waals surface area contributed by atoms with E-state index >= 15 is 0 Å². The lowest BCUT2D eigenvalue weighted by atomic mass is 9.84. The van der Waals surface area contributed by atoms with Crippen molar-refractivity contribution in [3.05, 3.63) is 29.3 Å². The van der Waals surface area contributed by atoms with Gasteiger partial charge in [-0.25, -0.2) is 0 Å². The highest BCUT2D eigenvalue weighted by atomic mass is 16.2. The first kappa shape index (κ1) is 15.7. The zero-order valence-corrected chi connectivity index (χ0v) is 14.4. The van der Waals surface area contributed by atoms with Crippen molar-refractivity contribution in [3.8, 4) is 0 Å². The van der Waals surface area contributed by atoms with Crippen LogP contribution in [0.25, 0.3) is 0 Å². The summed E-state index contributed by atoms with van der Waals surface area (Å²) in [5, 5.41) is 3.13. The lowest BCUT2D eigenvalue weighted by Gasteiger charge is -2.49. The maximum absolute atomic E-state index is 12.9. The van der Waals surface area contributed by atoms with Gasteiger partial charge in [-0.3, -0.25) is 9.59 Å². The minimum Gasteiger partial charge on any atom is -0.328 e. The summed E-state index contributed by atoms with van der Waals surface area (Å²) in [5.41, 5.74) is 2.92. The van der Waals surface area contributed by atoms with Gasteiger partial charge in [0.25, 0.3) is 0 Å². The molecule has 1 heterocycles. The van der Waals surface area contributed by atoms with Gasteiger partial charge in [-0.05, 0) is 75.0 Å². The Bertz CT molecular complexity index is 680. The van der Waals surface area contributed by atoms with Gasteiger partial charge in [-0.2, -0.15) is 0 Å². The van der Waals surface area contributed by atoms with Crippen LogP contribution < -0.4 is 5.32 Å². The number of rotatable bonds is 4. The maximum atomic E-state index is 12.9. The number of anilines is 1. The van der Waals surface area contributed by atoms with Crippen molar-refractivity contribution in [1.82, 2.24) is 4.90 Å². The highest BCUT2D eigenvalue weighted by Gasteiger charge is 2.50. The predicted molar refractivity (Wildman–Crippen MR) is 93.8 cm³/mol. The molecule has 1 saturated heterocycles. The number of aryl methyl sites for hydroxylation is 1. The Morgan fingerprint density at radius 3 is 2.75 bits per heavy atom. The van der Waals surface area contributed by atoms with E-state index in [0.29, 0.717) is 18.9 Å². The van der Waals surface area contributed by atoms with Gasteiger partial charge in [0.15, 0.2) is 0 Å². The number of benzene rings is 1. The van der Waals surface area contributed by atoms with Crippen molar-refractivity contribution in [2.75, 3.05) is 11.9 Å². The van der Waals surface area contributed by atoms with E-state index in [1.54, 1.807) is 4.90 Å². The minimum absolute atomic E-state index is 0.0307. The van der Waals surface area contributed by atoms with E-state index in [4.69, 9.17) is 0 Å². The number of amides is 2. The fourth-order valence-corrected chi connectivity index (χ4v) is 4.03. The van der Waals surface area contributed by atoms with Crippen LogP contribution in [0.15, 0.2) is 18.2 Å². The second-order valence-electron chi connectivity index (χ2n) is 7.82. The Morgan fingerprint density at radius 2 is 2.04 bits per heavy atom. The molecular weight excluding hydrogens is 300 g/mol. The van der Waals surface area contributed by atoms with Crippen LogP contribution in [0.1, 0.15) is 56.6 Å². The molecule has 2 fully saturated rings. The average Bonchev–Trinajstić information content (AvgIpc) is 3.37. The van der Waals surface area contributed by atoms with Crippen molar-refractivity contribution >= 4 is 17.5 Å². The molecule has 1 N–H and O–H groups in total. The van der Waals surface area contributed by atoms with E-state index in [-0.39, 0.29) is 11.8 Å². The van der Waals surface area contributed by atoms with Gasteiger partial charge in [-0.15, -0.1) is 0 Å². The lowest BCUT2D eigenvalue weighted by molar-refractivity contribution is -0.155. The number of carbonyl (C=O) groups is 2. The average molecular weight is 326 g/mol. The Kier molecular flexibility index (Phi) is 3.86. The number of fused-ring (bicyclic) bond motifs is 1. The highest BCUT2D eigenvalue weighted by Crippen LogP contribution is 2.38. The molecule has 1 aromatic rings. The van der Waals surface area contributed by atoms with Crippen LogP contribution >= 0.6 is 0 Å². The summed E-state index contributed by atoms with van der Waals surface area (Å²) >= 11 is 0. The SMILES string of the molecule is CC1(C(=O)Nc2cccc3c2CCCC3)CCN1C(=O)CC1CC1. The van der Waals surface area contributed by atoms with Gasteiger partial charge >= 0.3 is 0 Å². The Labute approximate surface area is 143 Å². The molecule has 1 aromatic carbocycles. The molecule has 2 aliphatic carbocycles. The largest absolute Gasteiger partial charge is 0.328 e. The summed E-state index contributed by atoms with van der Waals surface area (Å²) in [6.07, 6.45) is 8.25. The van der Waals surface area contributed by atoms with Gasteiger partial charge in [0.05, 0.1) is 0 Å². The molecule has 0 bridgehead atoms. The summed E-state index contributed by atoms with van der Waals surface area (Å²) in [6.45, 7) is 2.62. The number of nitrogens with one attached hydrogen (secondary N) is 1. The summed E-state index contributed by atoms with van der Waals surface area (Å²) < 4.78 is 0. The van der Waals surface area contributed by atoms with E-state index in [0.717, 1.165) is 24.9 Å². The molecule has 4 nitrogen and oxygen atoms in total. The second kappa shape index (κ2) is 5.91. The molecule has 0 radical (unpaired) electrons. The fraction of sp³-hybridized carbons (Fsp3) is 0.600. The number of hydrogen-bond acceptors (Lipinski definition) is 2. The van der Waals surface area contributed by atoms with Crippen molar-refractivity contribution in [1.29, 1.82) is 0 Å². The van der Waals surface area contributed by atoms with Crippen LogP contribution in [0.2, 0.25) is 0 Å². The van der Waals surface area contributed by atoms with Crippen LogP contribution in [-0.2, 0) is 22.4 Å². The molecule has 24 heavy (non-hydrogen) atoms. The molecule has 4 rings (SSSR count). The van der Waals surface area contributed by atoms with Crippen molar-refractivity contribution in [3.63, 3.8) is 0 Å². The first-order valence-electron chi connectivity index (χ1n) is 9.30. The third kappa shape index (κ3) is 2.72. The van der Waals surface area contributed by atoms with E-state index < -0.39 is 5.54 Å². The second-order valence-corrected chi connectivity index (χ2v) is 7.82. The van der Waals surface area contributed by atoms with Crippen LogP contribution in [0.3, 0.4) is 0 Å². The van der Waals surface area contributed by atoms with E-state index in [2.05, 4.69) is 11.4 Å². The number of hydrogen-bond donors (Lipinski definition) is 1. The topological polar surface area (TPSA) is 49.4 Å². The number of carbonyl (C=O) groups excluding carboxylic acids is 2. The molecular formula is C20H26N2O2. The number of nitrogens with zero attached hydrogens (tertiary/aromatic N) is 1. The van der Waals surface area contributed by atoms with Gasteiger partial charge in [0.2, 0.25) is 11.8 Å². The first-order chi connectivity index (χ1) is 11.6. The van der Waals surface area contributed by atoms with Crippen LogP contribution in [0, 0.1) is 5.92 Å². The fourth-order valence-electron chi connectivity index (χ4n) is 4.03. The third-order valence-corrected chi connectivity index (χ3v) is 6.01. The van der Waals surface area contributed by atoms with Gasteiger partial charge < -0.3 is 10.2 Å². The maximum Gasteiger partial charge on any atom is 0.250 e. The molecule has 3 aliphatic rings. The standard InChI is InChI=1S/C20H26N2O2/c1-20(11-12-22(20)18(23)13-14-9-10-14)19(24)21-17-8-4-6-15-5-2-3-7-16(15)17/h4,6,8,14H,2-3,5,7,9-13H2,1H3,(H,21,24). The molecule has 0 aromatic heterocycles. The smallest absolute Gasteiger partial charge is 0.250 e. The highest BCUT2D eigenvalue weighted by molar-refractivity contribution is 6.02. The Balaban J connectivity index is 1.48. The lowest BCUT2D eigenvalue weighted by Crippen LogP contribution is -2.66.